The summed E-state index contributed by atoms with van der Waals surface area (Å²) in [6.07, 6.45) is -2.85. The van der Waals surface area contributed by atoms with Gasteiger partial charge in [0.25, 0.3) is 0 Å². The predicted octanol–water partition coefficient (Wildman–Crippen LogP) is 0.379. The van der Waals surface area contributed by atoms with Gasteiger partial charge in [0.05, 0.1) is 0 Å². The van der Waals surface area contributed by atoms with E-state index in [1.807, 2.05) is 0 Å². The van der Waals surface area contributed by atoms with Crippen LogP contribution in [0.15, 0.2) is 0 Å². The summed E-state index contributed by atoms with van der Waals surface area (Å²) in [7, 11) is 0. The first kappa shape index (κ1) is 10.1. The molecule has 6 nitrogen and oxygen atoms in total. The van der Waals surface area contributed by atoms with Crippen LogP contribution in [-0.4, -0.2) is 35.7 Å². The van der Waals surface area contributed by atoms with E-state index in [0.29, 0.717) is 0 Å². The van der Waals surface area contributed by atoms with Crippen LogP contribution in [0.2, 0.25) is 0 Å². The Labute approximate surface area is 67.7 Å². The largest absolute Gasteiger partial charge is 0.506 e. The van der Waals surface area contributed by atoms with Gasteiger partial charge in [0.2, 0.25) is 0 Å². The summed E-state index contributed by atoms with van der Waals surface area (Å²) < 4.78 is 7.98. The third-order valence-electron chi connectivity index (χ3n) is 0.661. The van der Waals surface area contributed by atoms with Gasteiger partial charge in [-0.2, -0.15) is 0 Å². The van der Waals surface area contributed by atoms with Crippen molar-refractivity contribution in [3.05, 3.63) is 0 Å². The molecule has 0 atom stereocenters. The number of hydrogen-bond donors (Lipinski definition) is 2. The van der Waals surface area contributed by atoms with Crippen LogP contribution < -0.4 is 0 Å². The zero-order chi connectivity index (χ0) is 9.40. The second-order valence-electron chi connectivity index (χ2n) is 1.46. The van der Waals surface area contributed by atoms with E-state index in [2.05, 4.69) is 21.3 Å². The molecule has 0 unspecified atom stereocenters. The van der Waals surface area contributed by atoms with Gasteiger partial charge in [0.15, 0.2) is 13.2 Å². The van der Waals surface area contributed by atoms with Crippen LogP contribution in [0.1, 0.15) is 0 Å². The molecule has 0 radical (unpaired) electrons. The standard InChI is InChI=1S/C6H6O6/c7-5(8)11-3-1-2-4-12-6(9)10/h3-4H2,(H,7,8)(H,9,10). The lowest BCUT2D eigenvalue weighted by atomic mass is 10.6. The fraction of sp³-hybridized carbons (Fsp3) is 0.333. The van der Waals surface area contributed by atoms with Gasteiger partial charge in [-0.25, -0.2) is 9.59 Å². The molecule has 0 heterocycles. The molecule has 0 saturated carbocycles. The summed E-state index contributed by atoms with van der Waals surface area (Å²) in [4.78, 5) is 19.4. The van der Waals surface area contributed by atoms with E-state index in [1.165, 1.54) is 0 Å². The summed E-state index contributed by atoms with van der Waals surface area (Å²) >= 11 is 0. The molecule has 0 bridgehead atoms. The van der Waals surface area contributed by atoms with Crippen LogP contribution in [-0.2, 0) is 9.47 Å². The summed E-state index contributed by atoms with van der Waals surface area (Å²) in [5.74, 6) is 4.46. The van der Waals surface area contributed by atoms with Crippen LogP contribution >= 0.6 is 0 Å². The molecule has 0 saturated heterocycles. The molecule has 0 rings (SSSR count). The van der Waals surface area contributed by atoms with E-state index >= 15 is 0 Å². The van der Waals surface area contributed by atoms with E-state index in [-0.39, 0.29) is 13.2 Å². The minimum absolute atomic E-state index is 0.293. The fourth-order valence-electron chi connectivity index (χ4n) is 0.298. The SMILES string of the molecule is O=C(O)OCC#CCOC(=O)O. The molecule has 0 spiro atoms. The van der Waals surface area contributed by atoms with Gasteiger partial charge in [-0.3, -0.25) is 0 Å². The Morgan fingerprint density at radius 1 is 1.00 bits per heavy atom. The van der Waals surface area contributed by atoms with Crippen LogP contribution in [0.3, 0.4) is 0 Å². The third-order valence-corrected chi connectivity index (χ3v) is 0.661. The Hall–Kier alpha value is -1.90. The highest BCUT2D eigenvalue weighted by atomic mass is 16.7. The van der Waals surface area contributed by atoms with E-state index in [1.54, 1.807) is 0 Å². The topological polar surface area (TPSA) is 93.1 Å². The first-order valence-electron chi connectivity index (χ1n) is 2.80. The summed E-state index contributed by atoms with van der Waals surface area (Å²) in [6, 6.07) is 0. The van der Waals surface area contributed by atoms with Crippen LogP contribution in [0.25, 0.3) is 0 Å². The summed E-state index contributed by atoms with van der Waals surface area (Å²) in [5.41, 5.74) is 0. The number of carbonyl (C=O) groups is 2. The minimum atomic E-state index is -1.43. The van der Waals surface area contributed by atoms with Gasteiger partial charge in [-0.15, -0.1) is 0 Å². The molecular weight excluding hydrogens is 168 g/mol. The number of hydrogen-bond acceptors (Lipinski definition) is 4. The Bertz CT molecular complexity index is 200. The predicted molar refractivity (Wildman–Crippen MR) is 35.7 cm³/mol. The molecule has 2 N–H and O–H groups in total. The third kappa shape index (κ3) is 8.10. The van der Waals surface area contributed by atoms with Gasteiger partial charge < -0.3 is 19.7 Å². The van der Waals surface area contributed by atoms with Gasteiger partial charge >= 0.3 is 12.3 Å². The lowest BCUT2D eigenvalue weighted by Crippen LogP contribution is -2.01. The van der Waals surface area contributed by atoms with Crippen LogP contribution in [0.4, 0.5) is 9.59 Å². The smallest absolute Gasteiger partial charge is 0.450 e. The number of rotatable bonds is 2. The molecule has 0 aromatic heterocycles. The summed E-state index contributed by atoms with van der Waals surface area (Å²) in [6.45, 7) is -0.587. The maximum Gasteiger partial charge on any atom is 0.506 e. The molecule has 0 aromatic carbocycles. The van der Waals surface area contributed by atoms with Crippen molar-refractivity contribution in [3.63, 3.8) is 0 Å². The van der Waals surface area contributed by atoms with Crippen molar-refractivity contribution in [2.24, 2.45) is 0 Å². The van der Waals surface area contributed by atoms with Crippen molar-refractivity contribution in [1.29, 1.82) is 0 Å². The van der Waals surface area contributed by atoms with Crippen molar-refractivity contribution in [2.75, 3.05) is 13.2 Å². The molecule has 12 heavy (non-hydrogen) atoms. The van der Waals surface area contributed by atoms with Gasteiger partial charge in [-0.1, -0.05) is 11.8 Å². The molecule has 0 fully saturated rings. The van der Waals surface area contributed by atoms with Crippen LogP contribution in [0.5, 0.6) is 0 Å². The Kier molecular flexibility index (Phi) is 4.93. The molecular formula is C6H6O6. The van der Waals surface area contributed by atoms with Crippen molar-refractivity contribution < 1.29 is 29.3 Å². The molecule has 6 heteroatoms. The monoisotopic (exact) mass is 174 g/mol. The van der Waals surface area contributed by atoms with Crippen molar-refractivity contribution in [1.82, 2.24) is 0 Å². The van der Waals surface area contributed by atoms with Crippen molar-refractivity contribution in [3.8, 4) is 11.8 Å². The zero-order valence-electron chi connectivity index (χ0n) is 5.94. The summed E-state index contributed by atoms with van der Waals surface area (Å²) in [5, 5.41) is 15.9. The van der Waals surface area contributed by atoms with Crippen molar-refractivity contribution in [2.45, 2.75) is 0 Å². The van der Waals surface area contributed by atoms with Crippen LogP contribution in [0, 0.1) is 11.8 Å². The Morgan fingerprint density at radius 2 is 1.33 bits per heavy atom. The van der Waals surface area contributed by atoms with Gasteiger partial charge in [0, 0.05) is 0 Å². The first-order chi connectivity index (χ1) is 5.63. The lowest BCUT2D eigenvalue weighted by molar-refractivity contribution is 0.100. The second kappa shape index (κ2) is 5.85. The Balaban J connectivity index is 3.35. The highest BCUT2D eigenvalue weighted by Gasteiger charge is 1.91. The second-order valence-corrected chi connectivity index (χ2v) is 1.46. The quantitative estimate of drug-likeness (QED) is 0.464. The van der Waals surface area contributed by atoms with E-state index in [9.17, 15) is 9.59 Å². The molecule has 66 valence electrons. The van der Waals surface area contributed by atoms with E-state index in [0.717, 1.165) is 0 Å². The molecule has 0 aliphatic rings. The van der Waals surface area contributed by atoms with Gasteiger partial charge in [-0.05, 0) is 0 Å². The van der Waals surface area contributed by atoms with Gasteiger partial charge in [0.1, 0.15) is 0 Å². The molecule has 0 aliphatic heterocycles. The molecule has 0 aromatic rings. The molecule has 0 amide bonds. The number of carboxylic acid groups (broad SMARTS) is 2. The Morgan fingerprint density at radius 3 is 1.58 bits per heavy atom. The highest BCUT2D eigenvalue weighted by molar-refractivity contribution is 5.57. The minimum Gasteiger partial charge on any atom is -0.450 e. The van der Waals surface area contributed by atoms with E-state index in [4.69, 9.17) is 10.2 Å². The number of ether oxygens (including phenoxy) is 2. The van der Waals surface area contributed by atoms with Crippen molar-refractivity contribution >= 4 is 12.3 Å². The zero-order valence-corrected chi connectivity index (χ0v) is 5.94. The fourth-order valence-corrected chi connectivity index (χ4v) is 0.298. The maximum absolute atomic E-state index is 9.72. The average molecular weight is 174 g/mol. The molecule has 0 aliphatic carbocycles. The highest BCUT2D eigenvalue weighted by Crippen LogP contribution is 1.75. The lowest BCUT2D eigenvalue weighted by Gasteiger charge is -1.90. The normalized spacial score (nSPS) is 7.67. The van der Waals surface area contributed by atoms with E-state index < -0.39 is 12.3 Å². The first-order valence-corrected chi connectivity index (χ1v) is 2.80. The maximum atomic E-state index is 9.72. The average Bonchev–Trinajstić information content (AvgIpc) is 1.95.